The van der Waals surface area contributed by atoms with Gasteiger partial charge in [-0.15, -0.1) is 0 Å². The van der Waals surface area contributed by atoms with Crippen LogP contribution in [0.2, 0.25) is 0 Å². The molecule has 0 atom stereocenters. The summed E-state index contributed by atoms with van der Waals surface area (Å²) in [6.07, 6.45) is 0. The van der Waals surface area contributed by atoms with Crippen molar-refractivity contribution < 1.29 is 9.34 Å². The van der Waals surface area contributed by atoms with E-state index < -0.39 is 10.5 Å². The maximum atomic E-state index is 10.8. The van der Waals surface area contributed by atoms with Crippen molar-refractivity contribution in [2.75, 3.05) is 11.9 Å². The Kier molecular flexibility index (Phi) is 2.92. The number of aromatic nitrogens is 1. The first-order valence-electron chi connectivity index (χ1n) is 5.43. The predicted octanol–water partition coefficient (Wildman–Crippen LogP) is 1.89. The van der Waals surface area contributed by atoms with Gasteiger partial charge in [-0.05, 0) is 19.9 Å². The van der Waals surface area contributed by atoms with Crippen LogP contribution in [0.4, 0.5) is 11.7 Å². The fourth-order valence-electron chi connectivity index (χ4n) is 1.46. The van der Waals surface area contributed by atoms with Gasteiger partial charge in [0.15, 0.2) is 11.1 Å². The van der Waals surface area contributed by atoms with Gasteiger partial charge in [0.25, 0.3) is 11.7 Å². The molecule has 7 nitrogen and oxygen atoms in total. The summed E-state index contributed by atoms with van der Waals surface area (Å²) in [6.45, 7) is 4.16. The second-order valence-electron chi connectivity index (χ2n) is 4.74. The van der Waals surface area contributed by atoms with Crippen molar-refractivity contribution >= 4 is 22.8 Å². The molecule has 96 valence electrons. The number of benzene rings is 1. The minimum atomic E-state index is -0.485. The number of para-hydroxylation sites is 1. The average molecular weight is 250 g/mol. The first kappa shape index (κ1) is 12.3. The Morgan fingerprint density at radius 1 is 1.56 bits per heavy atom. The summed E-state index contributed by atoms with van der Waals surface area (Å²) in [7, 11) is 0. The zero-order valence-corrected chi connectivity index (χ0v) is 10.1. The van der Waals surface area contributed by atoms with Crippen LogP contribution in [0.3, 0.4) is 0 Å². The number of anilines is 1. The zero-order chi connectivity index (χ0) is 13.3. The highest BCUT2D eigenvalue weighted by atomic mass is 16.6. The summed E-state index contributed by atoms with van der Waals surface area (Å²) >= 11 is 0. The number of hydrogen-bond donors (Lipinski definition) is 2. The van der Waals surface area contributed by atoms with E-state index in [1.54, 1.807) is 12.1 Å². The van der Waals surface area contributed by atoms with Gasteiger partial charge in [0, 0.05) is 18.2 Å². The number of oxazole rings is 1. The Bertz CT molecular complexity index is 585. The molecule has 0 spiro atoms. The number of rotatable bonds is 4. The summed E-state index contributed by atoms with van der Waals surface area (Å²) < 4.78 is 5.37. The lowest BCUT2D eigenvalue weighted by Crippen LogP contribution is -2.39. The molecule has 0 fully saturated rings. The molecule has 18 heavy (non-hydrogen) atoms. The average Bonchev–Trinajstić information content (AvgIpc) is 2.67. The minimum Gasteiger partial charge on any atom is -0.423 e. The summed E-state index contributed by atoms with van der Waals surface area (Å²) in [4.78, 5) is 14.4. The molecule has 7 heteroatoms. The van der Waals surface area contributed by atoms with E-state index in [2.05, 4.69) is 10.3 Å². The van der Waals surface area contributed by atoms with Crippen molar-refractivity contribution in [2.45, 2.75) is 19.4 Å². The molecule has 0 bridgehead atoms. The van der Waals surface area contributed by atoms with Gasteiger partial charge in [-0.3, -0.25) is 10.1 Å². The molecule has 0 amide bonds. The van der Waals surface area contributed by atoms with Crippen molar-refractivity contribution in [3.05, 3.63) is 28.3 Å². The first-order valence-corrected chi connectivity index (χ1v) is 5.43. The van der Waals surface area contributed by atoms with Gasteiger partial charge in [-0.25, -0.2) is 0 Å². The van der Waals surface area contributed by atoms with Crippen LogP contribution in [0.25, 0.3) is 11.1 Å². The van der Waals surface area contributed by atoms with Gasteiger partial charge in [0.2, 0.25) is 0 Å². The number of nitrogens with two attached hydrogens (primary N) is 1. The van der Waals surface area contributed by atoms with Crippen molar-refractivity contribution in [3.63, 3.8) is 0 Å². The van der Waals surface area contributed by atoms with Gasteiger partial charge in [-0.2, -0.15) is 4.98 Å². The maximum Gasteiger partial charge on any atom is 0.298 e. The highest BCUT2D eigenvalue weighted by Crippen LogP contribution is 2.27. The van der Waals surface area contributed by atoms with Crippen molar-refractivity contribution in [2.24, 2.45) is 5.73 Å². The molecule has 1 heterocycles. The second kappa shape index (κ2) is 4.26. The normalized spacial score (nSPS) is 11.7. The Labute approximate surface area is 103 Å². The Morgan fingerprint density at radius 2 is 2.28 bits per heavy atom. The van der Waals surface area contributed by atoms with Crippen molar-refractivity contribution in [1.82, 2.24) is 4.98 Å². The summed E-state index contributed by atoms with van der Waals surface area (Å²) in [5, 5.41) is 13.7. The van der Waals surface area contributed by atoms with Crippen molar-refractivity contribution in [1.29, 1.82) is 0 Å². The molecule has 1 aromatic carbocycles. The molecule has 0 aliphatic rings. The van der Waals surface area contributed by atoms with E-state index in [1.165, 1.54) is 6.07 Å². The number of non-ortho nitro benzene ring substituents is 1. The molecule has 0 aliphatic carbocycles. The molecule has 0 unspecified atom stereocenters. The van der Waals surface area contributed by atoms with Crippen LogP contribution in [0, 0.1) is 10.1 Å². The van der Waals surface area contributed by atoms with Crippen molar-refractivity contribution in [3.8, 4) is 0 Å². The second-order valence-corrected chi connectivity index (χ2v) is 4.74. The number of hydrogen-bond acceptors (Lipinski definition) is 6. The molecule has 2 rings (SSSR count). The number of nitrogens with zero attached hydrogens (tertiary/aromatic N) is 2. The highest BCUT2D eigenvalue weighted by molar-refractivity contribution is 5.83. The standard InChI is InChI=1S/C11H14N4O3/c1-11(2,12)6-13-10-14-9-7(15(16)17)4-3-5-8(9)18-10/h3-5H,6,12H2,1-2H3,(H,13,14). The van der Waals surface area contributed by atoms with E-state index in [9.17, 15) is 10.1 Å². The molecule has 0 aliphatic heterocycles. The Balaban J connectivity index is 2.33. The third-order valence-corrected chi connectivity index (χ3v) is 2.29. The van der Waals surface area contributed by atoms with E-state index in [0.717, 1.165) is 0 Å². The molecule has 2 aromatic rings. The van der Waals surface area contributed by atoms with Crippen LogP contribution < -0.4 is 11.1 Å². The van der Waals surface area contributed by atoms with E-state index in [4.69, 9.17) is 10.2 Å². The smallest absolute Gasteiger partial charge is 0.298 e. The lowest BCUT2D eigenvalue weighted by Gasteiger charge is -2.17. The van der Waals surface area contributed by atoms with E-state index >= 15 is 0 Å². The number of fused-ring (bicyclic) bond motifs is 1. The van der Waals surface area contributed by atoms with E-state index in [1.807, 2.05) is 13.8 Å². The maximum absolute atomic E-state index is 10.8. The highest BCUT2D eigenvalue weighted by Gasteiger charge is 2.18. The lowest BCUT2D eigenvalue weighted by atomic mass is 10.1. The molecular weight excluding hydrogens is 236 g/mol. The van der Waals surface area contributed by atoms with E-state index in [-0.39, 0.29) is 17.2 Å². The molecule has 1 aromatic heterocycles. The molecule has 0 saturated carbocycles. The fraction of sp³-hybridized carbons (Fsp3) is 0.364. The Morgan fingerprint density at radius 3 is 2.89 bits per heavy atom. The number of nitro groups is 1. The number of nitro benzene ring substituents is 1. The number of nitrogens with one attached hydrogen (secondary N) is 1. The molecular formula is C11H14N4O3. The molecule has 0 radical (unpaired) electrons. The van der Waals surface area contributed by atoms with E-state index in [0.29, 0.717) is 12.1 Å². The third-order valence-electron chi connectivity index (χ3n) is 2.29. The van der Waals surface area contributed by atoms with Crippen LogP contribution in [0.15, 0.2) is 22.6 Å². The summed E-state index contributed by atoms with van der Waals surface area (Å²) in [6, 6.07) is 4.82. The monoisotopic (exact) mass is 250 g/mol. The topological polar surface area (TPSA) is 107 Å². The lowest BCUT2D eigenvalue weighted by molar-refractivity contribution is -0.383. The van der Waals surface area contributed by atoms with Gasteiger partial charge in [0.1, 0.15) is 0 Å². The van der Waals surface area contributed by atoms with Crippen LogP contribution in [0.1, 0.15) is 13.8 Å². The minimum absolute atomic E-state index is 0.0729. The molecule has 0 saturated heterocycles. The summed E-state index contributed by atoms with van der Waals surface area (Å²) in [5.74, 6) is 0. The van der Waals surface area contributed by atoms with Crippen LogP contribution >= 0.6 is 0 Å². The molecule has 3 N–H and O–H groups in total. The van der Waals surface area contributed by atoms with Gasteiger partial charge in [0.05, 0.1) is 4.92 Å². The van der Waals surface area contributed by atoms with Crippen LogP contribution in [-0.2, 0) is 0 Å². The SMILES string of the molecule is CC(C)(N)CNc1nc2c([N+](=O)[O-])cccc2o1. The fourth-order valence-corrected chi connectivity index (χ4v) is 1.46. The quantitative estimate of drug-likeness (QED) is 0.633. The largest absolute Gasteiger partial charge is 0.423 e. The van der Waals surface area contributed by atoms with Gasteiger partial charge < -0.3 is 15.5 Å². The zero-order valence-electron chi connectivity index (χ0n) is 10.1. The Hall–Kier alpha value is -2.15. The van der Waals surface area contributed by atoms with Crippen LogP contribution in [0.5, 0.6) is 0 Å². The van der Waals surface area contributed by atoms with Crippen LogP contribution in [-0.4, -0.2) is 22.0 Å². The predicted molar refractivity (Wildman–Crippen MR) is 67.4 cm³/mol. The third kappa shape index (κ3) is 2.57. The van der Waals surface area contributed by atoms with Gasteiger partial charge >= 0.3 is 0 Å². The first-order chi connectivity index (χ1) is 8.37. The van der Waals surface area contributed by atoms with Gasteiger partial charge in [-0.1, -0.05) is 6.07 Å². The summed E-state index contributed by atoms with van der Waals surface area (Å²) in [5.41, 5.74) is 5.93.